The maximum Gasteiger partial charge on any atom is 0.326 e. The molecule has 1 unspecified atom stereocenters. The van der Waals surface area contributed by atoms with E-state index in [4.69, 9.17) is 37.7 Å². The van der Waals surface area contributed by atoms with E-state index in [9.17, 15) is 9.59 Å². The first-order valence-electron chi connectivity index (χ1n) is 16.8. The number of benzene rings is 3. The van der Waals surface area contributed by atoms with Crippen LogP contribution in [0.2, 0.25) is 10.0 Å². The Morgan fingerprint density at radius 2 is 1.56 bits per heavy atom. The van der Waals surface area contributed by atoms with Gasteiger partial charge in [-0.1, -0.05) is 74.3 Å². The van der Waals surface area contributed by atoms with Gasteiger partial charge in [0.1, 0.15) is 23.2 Å². The molecule has 0 bridgehead atoms. The third-order valence-electron chi connectivity index (χ3n) is 9.63. The van der Waals surface area contributed by atoms with Gasteiger partial charge in [0.15, 0.2) is 0 Å². The number of halogens is 2. The van der Waals surface area contributed by atoms with Crippen molar-refractivity contribution in [3.8, 4) is 5.75 Å². The summed E-state index contributed by atoms with van der Waals surface area (Å²) < 4.78 is 11.9. The molecular formula is C38H44Cl2N4O4. The molecule has 3 heterocycles. The lowest BCUT2D eigenvalue weighted by Gasteiger charge is -2.41. The summed E-state index contributed by atoms with van der Waals surface area (Å²) in [5, 5.41) is 1.22. The quantitative estimate of drug-likeness (QED) is 0.264. The summed E-state index contributed by atoms with van der Waals surface area (Å²) in [6.07, 6.45) is 1.26. The lowest BCUT2D eigenvalue weighted by molar-refractivity contribution is -0.142. The van der Waals surface area contributed by atoms with Crippen LogP contribution in [-0.4, -0.2) is 78.0 Å². The van der Waals surface area contributed by atoms with Crippen molar-refractivity contribution in [2.24, 2.45) is 4.99 Å². The van der Waals surface area contributed by atoms with Crippen molar-refractivity contribution in [1.82, 2.24) is 14.7 Å². The van der Waals surface area contributed by atoms with Crippen LogP contribution in [0.3, 0.4) is 0 Å². The Morgan fingerprint density at radius 1 is 0.938 bits per heavy atom. The van der Waals surface area contributed by atoms with Gasteiger partial charge in [0.25, 0.3) is 5.91 Å². The molecule has 2 fully saturated rings. The van der Waals surface area contributed by atoms with Crippen LogP contribution in [0.15, 0.2) is 71.7 Å². The van der Waals surface area contributed by atoms with Crippen LogP contribution in [0.25, 0.3) is 0 Å². The van der Waals surface area contributed by atoms with Crippen LogP contribution in [0.4, 0.5) is 4.79 Å². The molecule has 3 amide bonds. The number of piperazine rings is 1. The van der Waals surface area contributed by atoms with Crippen molar-refractivity contribution in [1.29, 1.82) is 0 Å². The molecule has 254 valence electrons. The largest absolute Gasteiger partial charge is 0.493 e. The zero-order valence-electron chi connectivity index (χ0n) is 28.3. The minimum atomic E-state index is -0.896. The average molecular weight is 692 g/mol. The Morgan fingerprint density at radius 3 is 2.15 bits per heavy atom. The number of hydrogen-bond donors (Lipinski definition) is 0. The van der Waals surface area contributed by atoms with Crippen molar-refractivity contribution < 1.29 is 19.1 Å². The van der Waals surface area contributed by atoms with E-state index in [0.717, 1.165) is 35.1 Å². The summed E-state index contributed by atoms with van der Waals surface area (Å²) in [6, 6.07) is 20.7. The Kier molecular flexibility index (Phi) is 9.81. The standard InChI is InChI=1S/C38H44Cl2N4O4/c1-6-47-32-24-27(37(2,3)4)13-18-30(32)34-41-38(5,26-11-16-29(40)17-12-26)33(25-9-14-28(39)15-10-25)44(34)36(46)43-21-19-42(20-22-43)35(45)31-8-7-23-48-31/h9-18,24,31,33H,6-8,19-23H2,1-5H3/t31?,33-,38+/m1/s1. The number of amidine groups is 1. The molecule has 48 heavy (non-hydrogen) atoms. The topological polar surface area (TPSA) is 74.7 Å². The third kappa shape index (κ3) is 6.67. The van der Waals surface area contributed by atoms with E-state index < -0.39 is 11.6 Å². The van der Waals surface area contributed by atoms with Gasteiger partial charge in [-0.2, -0.15) is 0 Å². The van der Waals surface area contributed by atoms with Crippen LogP contribution in [0, 0.1) is 0 Å². The maximum atomic E-state index is 15.0. The average Bonchev–Trinajstić information content (AvgIpc) is 3.72. The van der Waals surface area contributed by atoms with E-state index in [1.54, 1.807) is 0 Å². The fourth-order valence-corrected chi connectivity index (χ4v) is 7.18. The molecule has 0 N–H and O–H groups in total. The summed E-state index contributed by atoms with van der Waals surface area (Å²) in [5.74, 6) is 1.21. The van der Waals surface area contributed by atoms with E-state index >= 15 is 0 Å². The van der Waals surface area contributed by atoms with Crippen molar-refractivity contribution in [2.75, 3.05) is 39.4 Å². The van der Waals surface area contributed by atoms with Gasteiger partial charge in [0.05, 0.1) is 18.2 Å². The summed E-state index contributed by atoms with van der Waals surface area (Å²) >= 11 is 12.7. The lowest BCUT2D eigenvalue weighted by atomic mass is 9.81. The lowest BCUT2D eigenvalue weighted by Crippen LogP contribution is -2.56. The second kappa shape index (κ2) is 13.7. The zero-order valence-corrected chi connectivity index (χ0v) is 29.9. The number of urea groups is 1. The zero-order chi connectivity index (χ0) is 34.2. The normalized spacial score (nSPS) is 23.0. The first-order valence-corrected chi connectivity index (χ1v) is 17.5. The fraction of sp³-hybridized carbons (Fsp3) is 0.447. The van der Waals surface area contributed by atoms with E-state index in [0.29, 0.717) is 61.0 Å². The number of rotatable bonds is 6. The van der Waals surface area contributed by atoms with Gasteiger partial charge >= 0.3 is 6.03 Å². The molecule has 2 saturated heterocycles. The summed E-state index contributed by atoms with van der Waals surface area (Å²) in [7, 11) is 0. The molecule has 3 aliphatic heterocycles. The molecule has 3 aromatic rings. The number of carbonyl (C=O) groups is 2. The SMILES string of the molecule is CCOc1cc(C(C)(C)C)ccc1C1=N[C@@](C)(c2ccc(Cl)cc2)[C@@H](c2ccc(Cl)cc2)N1C(=O)N1CCN(C(=O)C2CCCO2)CC1. The number of nitrogens with zero attached hydrogens (tertiary/aromatic N) is 4. The molecule has 0 spiro atoms. The van der Waals surface area contributed by atoms with E-state index in [1.807, 2.05) is 76.2 Å². The number of amides is 3. The predicted molar refractivity (Wildman–Crippen MR) is 190 cm³/mol. The van der Waals surface area contributed by atoms with Gasteiger partial charge in [-0.25, -0.2) is 4.79 Å². The van der Waals surface area contributed by atoms with Gasteiger partial charge in [-0.15, -0.1) is 0 Å². The molecule has 10 heteroatoms. The van der Waals surface area contributed by atoms with Crippen LogP contribution < -0.4 is 4.74 Å². The van der Waals surface area contributed by atoms with Gasteiger partial charge < -0.3 is 19.3 Å². The van der Waals surface area contributed by atoms with Crippen molar-refractivity contribution >= 4 is 41.0 Å². The number of ether oxygens (including phenoxy) is 2. The van der Waals surface area contributed by atoms with Crippen LogP contribution in [0.5, 0.6) is 5.75 Å². The monoisotopic (exact) mass is 690 g/mol. The molecule has 6 rings (SSSR count). The molecule has 0 aliphatic carbocycles. The molecule has 8 nitrogen and oxygen atoms in total. The number of aliphatic imine (C=N–C) groups is 1. The smallest absolute Gasteiger partial charge is 0.326 e. The molecule has 0 aromatic heterocycles. The highest BCUT2D eigenvalue weighted by molar-refractivity contribution is 6.30. The van der Waals surface area contributed by atoms with Gasteiger partial charge in [-0.05, 0) is 85.2 Å². The Bertz CT molecular complexity index is 1670. The van der Waals surface area contributed by atoms with Crippen molar-refractivity contribution in [3.63, 3.8) is 0 Å². The third-order valence-corrected chi connectivity index (χ3v) is 10.1. The predicted octanol–water partition coefficient (Wildman–Crippen LogP) is 7.85. The minimum absolute atomic E-state index is 0.0117. The molecule has 3 aliphatic rings. The molecule has 3 atom stereocenters. The van der Waals surface area contributed by atoms with Crippen LogP contribution in [0.1, 0.15) is 75.8 Å². The number of carbonyl (C=O) groups excluding carboxylic acids is 2. The highest BCUT2D eigenvalue weighted by Gasteiger charge is 2.52. The number of hydrogen-bond acceptors (Lipinski definition) is 5. The van der Waals surface area contributed by atoms with Crippen LogP contribution in [-0.2, 0) is 20.5 Å². The molecule has 0 radical (unpaired) electrons. The van der Waals surface area contributed by atoms with Crippen molar-refractivity contribution in [2.45, 2.75) is 70.6 Å². The Balaban J connectivity index is 1.46. The highest BCUT2D eigenvalue weighted by Crippen LogP contribution is 2.50. The maximum absolute atomic E-state index is 15.0. The summed E-state index contributed by atoms with van der Waals surface area (Å²) in [4.78, 5) is 39.1. The first-order chi connectivity index (χ1) is 22.9. The Hall–Kier alpha value is -3.59. The Labute approximate surface area is 293 Å². The first kappa shape index (κ1) is 34.3. The van der Waals surface area contributed by atoms with E-state index in [1.165, 1.54) is 0 Å². The minimum Gasteiger partial charge on any atom is -0.493 e. The molecular weight excluding hydrogens is 647 g/mol. The van der Waals surface area contributed by atoms with Gasteiger partial charge in [0.2, 0.25) is 0 Å². The summed E-state index contributed by atoms with van der Waals surface area (Å²) in [6.45, 7) is 13.3. The van der Waals surface area contributed by atoms with Crippen LogP contribution >= 0.6 is 23.2 Å². The van der Waals surface area contributed by atoms with Crippen molar-refractivity contribution in [3.05, 3.63) is 99.0 Å². The molecule has 0 saturated carbocycles. The fourth-order valence-electron chi connectivity index (χ4n) is 6.92. The summed E-state index contributed by atoms with van der Waals surface area (Å²) in [5.41, 5.74) is 2.65. The van der Waals surface area contributed by atoms with E-state index in [-0.39, 0.29) is 23.5 Å². The molecule has 3 aromatic carbocycles. The van der Waals surface area contributed by atoms with Gasteiger partial charge in [0, 0.05) is 42.8 Å². The van der Waals surface area contributed by atoms with E-state index in [2.05, 4.69) is 39.8 Å². The highest BCUT2D eigenvalue weighted by atomic mass is 35.5. The second-order valence-corrected chi connectivity index (χ2v) is 14.8. The van der Waals surface area contributed by atoms with Gasteiger partial charge in [-0.3, -0.25) is 14.7 Å². The second-order valence-electron chi connectivity index (χ2n) is 13.9.